The Kier molecular flexibility index (Phi) is 8.23. The first kappa shape index (κ1) is 27.0. The lowest BCUT2D eigenvalue weighted by atomic mass is 10.1. The van der Waals surface area contributed by atoms with Crippen LogP contribution in [0.4, 0.5) is 0 Å². The minimum absolute atomic E-state index is 0.00906. The molecule has 4 rings (SSSR count). The summed E-state index contributed by atoms with van der Waals surface area (Å²) >= 11 is 9.51. The Morgan fingerprint density at radius 1 is 0.895 bits per heavy atom. The fourth-order valence-corrected chi connectivity index (χ4v) is 4.15. The molecule has 0 fully saturated rings. The third-order valence-corrected chi connectivity index (χ3v) is 6.11. The molecule has 3 aromatic carbocycles. The molecule has 0 saturated carbocycles. The fourth-order valence-electron chi connectivity index (χ4n) is 3.60. The van der Waals surface area contributed by atoms with E-state index in [9.17, 15) is 9.59 Å². The Morgan fingerprint density at radius 3 is 2.18 bits per heavy atom. The van der Waals surface area contributed by atoms with E-state index >= 15 is 0 Å². The molecule has 196 valence electrons. The summed E-state index contributed by atoms with van der Waals surface area (Å²) in [5, 5.41) is 0.421. The predicted octanol–water partition coefficient (Wildman–Crippen LogP) is 5.70. The van der Waals surface area contributed by atoms with Crippen LogP contribution in [0.25, 0.3) is 6.08 Å². The van der Waals surface area contributed by atoms with Crippen molar-refractivity contribution in [3.63, 3.8) is 0 Å². The standard InChI is InChI=1S/C27H21BrClNO8/c1-33-21-8-6-17(29)13-18(21)25-30-19(27(32)38-25)10-14-9-16(28)5-7-20(14)37-26(31)15-11-22(34-2)24(36-4)23(12-15)35-3/h5-13H,1-4H3/b19-10-. The zero-order valence-corrected chi connectivity index (χ0v) is 23.0. The van der Waals surface area contributed by atoms with Gasteiger partial charge in [0.05, 0.1) is 39.6 Å². The third kappa shape index (κ3) is 5.61. The number of benzene rings is 3. The maximum absolute atomic E-state index is 13.1. The van der Waals surface area contributed by atoms with Gasteiger partial charge in [0.25, 0.3) is 0 Å². The van der Waals surface area contributed by atoms with Gasteiger partial charge in [0.1, 0.15) is 11.5 Å². The molecule has 0 aromatic heterocycles. The quantitative estimate of drug-likeness (QED) is 0.184. The second-order valence-electron chi connectivity index (χ2n) is 7.67. The summed E-state index contributed by atoms with van der Waals surface area (Å²) in [7, 11) is 5.83. The molecule has 0 aliphatic carbocycles. The van der Waals surface area contributed by atoms with Crippen LogP contribution in [0.2, 0.25) is 5.02 Å². The number of cyclic esters (lactones) is 1. The van der Waals surface area contributed by atoms with Gasteiger partial charge in [-0.05, 0) is 54.6 Å². The number of hydrogen-bond donors (Lipinski definition) is 0. The Hall–Kier alpha value is -4.02. The minimum atomic E-state index is -0.691. The SMILES string of the molecule is COc1ccc(Cl)cc1C1=N/C(=C\c2cc(Br)ccc2OC(=O)c2cc(OC)c(OC)c(OC)c2)C(=O)O1. The summed E-state index contributed by atoms with van der Waals surface area (Å²) in [6, 6.07) is 12.8. The van der Waals surface area contributed by atoms with Crippen LogP contribution in [0, 0.1) is 0 Å². The van der Waals surface area contributed by atoms with E-state index in [2.05, 4.69) is 20.9 Å². The predicted molar refractivity (Wildman–Crippen MR) is 144 cm³/mol. The molecule has 38 heavy (non-hydrogen) atoms. The van der Waals surface area contributed by atoms with Crippen molar-refractivity contribution in [2.24, 2.45) is 4.99 Å². The van der Waals surface area contributed by atoms with Crippen molar-refractivity contribution in [2.45, 2.75) is 0 Å². The molecule has 0 unspecified atom stereocenters. The van der Waals surface area contributed by atoms with Crippen molar-refractivity contribution in [1.82, 2.24) is 0 Å². The maximum atomic E-state index is 13.1. The number of methoxy groups -OCH3 is 4. The second-order valence-corrected chi connectivity index (χ2v) is 9.02. The van der Waals surface area contributed by atoms with Crippen molar-refractivity contribution < 1.29 is 38.0 Å². The van der Waals surface area contributed by atoms with Crippen LogP contribution in [-0.2, 0) is 9.53 Å². The van der Waals surface area contributed by atoms with Gasteiger partial charge >= 0.3 is 11.9 Å². The number of carbonyl (C=O) groups is 2. The molecule has 1 heterocycles. The van der Waals surface area contributed by atoms with Gasteiger partial charge in [0.15, 0.2) is 17.2 Å². The molecule has 0 atom stereocenters. The first-order valence-corrected chi connectivity index (χ1v) is 12.1. The third-order valence-electron chi connectivity index (χ3n) is 5.38. The molecule has 0 radical (unpaired) electrons. The van der Waals surface area contributed by atoms with Crippen LogP contribution in [0.1, 0.15) is 21.5 Å². The van der Waals surface area contributed by atoms with Gasteiger partial charge in [-0.25, -0.2) is 14.6 Å². The summed E-state index contributed by atoms with van der Waals surface area (Å²) in [5.74, 6) is 0.197. The van der Waals surface area contributed by atoms with Crippen LogP contribution in [0.15, 0.2) is 63.7 Å². The number of esters is 2. The topological polar surface area (TPSA) is 102 Å². The van der Waals surface area contributed by atoms with E-state index in [4.69, 9.17) is 40.0 Å². The zero-order chi connectivity index (χ0) is 27.4. The van der Waals surface area contributed by atoms with E-state index in [0.29, 0.717) is 43.6 Å². The Labute approximate surface area is 231 Å². The molecular formula is C27H21BrClNO8. The minimum Gasteiger partial charge on any atom is -0.496 e. The van der Waals surface area contributed by atoms with Crippen molar-refractivity contribution in [3.05, 3.63) is 80.4 Å². The molecular weight excluding hydrogens is 582 g/mol. The first-order valence-electron chi connectivity index (χ1n) is 11.0. The second kappa shape index (κ2) is 11.6. The average Bonchev–Trinajstić information content (AvgIpc) is 3.28. The highest BCUT2D eigenvalue weighted by molar-refractivity contribution is 9.10. The highest BCUT2D eigenvalue weighted by Crippen LogP contribution is 2.39. The van der Waals surface area contributed by atoms with Gasteiger partial charge in [0.2, 0.25) is 11.6 Å². The average molecular weight is 603 g/mol. The van der Waals surface area contributed by atoms with E-state index in [1.54, 1.807) is 36.4 Å². The Balaban J connectivity index is 1.69. The molecule has 9 nitrogen and oxygen atoms in total. The zero-order valence-electron chi connectivity index (χ0n) is 20.7. The fraction of sp³-hybridized carbons (Fsp3) is 0.148. The summed E-state index contributed by atoms with van der Waals surface area (Å²) in [6.07, 6.45) is 1.45. The molecule has 0 N–H and O–H groups in total. The molecule has 0 bridgehead atoms. The van der Waals surface area contributed by atoms with E-state index in [1.807, 2.05) is 0 Å². The van der Waals surface area contributed by atoms with Gasteiger partial charge in [-0.2, -0.15) is 0 Å². The lowest BCUT2D eigenvalue weighted by Gasteiger charge is -2.14. The summed E-state index contributed by atoms with van der Waals surface area (Å²) in [5.41, 5.74) is 0.968. The molecule has 1 aliphatic heterocycles. The molecule has 1 aliphatic rings. The lowest BCUT2D eigenvalue weighted by molar-refractivity contribution is -0.129. The first-order chi connectivity index (χ1) is 18.3. The molecule has 0 amide bonds. The van der Waals surface area contributed by atoms with Gasteiger partial charge in [-0.15, -0.1) is 0 Å². The lowest BCUT2D eigenvalue weighted by Crippen LogP contribution is -2.10. The Bertz CT molecular complexity index is 1460. The number of halogens is 2. The molecule has 11 heteroatoms. The van der Waals surface area contributed by atoms with Crippen LogP contribution in [0.5, 0.6) is 28.7 Å². The van der Waals surface area contributed by atoms with E-state index < -0.39 is 11.9 Å². The Morgan fingerprint density at radius 2 is 1.55 bits per heavy atom. The number of aliphatic imine (C=N–C) groups is 1. The maximum Gasteiger partial charge on any atom is 0.363 e. The van der Waals surface area contributed by atoms with Gasteiger partial charge in [-0.1, -0.05) is 27.5 Å². The largest absolute Gasteiger partial charge is 0.496 e. The smallest absolute Gasteiger partial charge is 0.363 e. The number of carbonyl (C=O) groups excluding carboxylic acids is 2. The highest BCUT2D eigenvalue weighted by Gasteiger charge is 2.27. The van der Waals surface area contributed by atoms with E-state index in [-0.39, 0.29) is 22.9 Å². The van der Waals surface area contributed by atoms with E-state index in [0.717, 1.165) is 0 Å². The van der Waals surface area contributed by atoms with Gasteiger partial charge in [-0.3, -0.25) is 0 Å². The number of ether oxygens (including phenoxy) is 6. The number of rotatable bonds is 8. The summed E-state index contributed by atoms with van der Waals surface area (Å²) in [4.78, 5) is 30.0. The van der Waals surface area contributed by atoms with Crippen LogP contribution in [-0.4, -0.2) is 46.3 Å². The van der Waals surface area contributed by atoms with Crippen molar-refractivity contribution >= 4 is 51.4 Å². The van der Waals surface area contributed by atoms with Crippen molar-refractivity contribution in [2.75, 3.05) is 28.4 Å². The van der Waals surface area contributed by atoms with Crippen LogP contribution >= 0.6 is 27.5 Å². The number of nitrogens with zero attached hydrogens (tertiary/aromatic N) is 1. The summed E-state index contributed by atoms with van der Waals surface area (Å²) < 4.78 is 33.0. The molecule has 3 aromatic rings. The van der Waals surface area contributed by atoms with Gasteiger partial charge in [0, 0.05) is 15.1 Å². The summed E-state index contributed by atoms with van der Waals surface area (Å²) in [6.45, 7) is 0. The van der Waals surface area contributed by atoms with Crippen molar-refractivity contribution in [1.29, 1.82) is 0 Å². The molecule has 0 spiro atoms. The number of hydrogen-bond acceptors (Lipinski definition) is 9. The van der Waals surface area contributed by atoms with E-state index in [1.165, 1.54) is 46.6 Å². The van der Waals surface area contributed by atoms with Gasteiger partial charge < -0.3 is 28.4 Å². The monoisotopic (exact) mass is 601 g/mol. The van der Waals surface area contributed by atoms with Crippen LogP contribution in [0.3, 0.4) is 0 Å². The van der Waals surface area contributed by atoms with Crippen LogP contribution < -0.4 is 23.7 Å². The van der Waals surface area contributed by atoms with Crippen molar-refractivity contribution in [3.8, 4) is 28.7 Å². The normalized spacial score (nSPS) is 13.6. The molecule has 0 saturated heterocycles. The highest BCUT2D eigenvalue weighted by atomic mass is 79.9.